The fraction of sp³-hybridized carbons (Fsp3) is 0.0385. The summed E-state index contributed by atoms with van der Waals surface area (Å²) in [4.78, 5) is 13.2. The molecule has 5 aromatic rings. The summed E-state index contributed by atoms with van der Waals surface area (Å²) >= 11 is 5.91. The molecule has 0 bridgehead atoms. The lowest BCUT2D eigenvalue weighted by atomic mass is 10.0. The highest BCUT2D eigenvalue weighted by Gasteiger charge is 2.23. The zero-order valence-corrected chi connectivity index (χ0v) is 19.6. The normalized spacial score (nSPS) is 11.6. The number of carbonyl (C=O) groups is 1. The number of nitrogens with one attached hydrogen (secondary N) is 2. The first kappa shape index (κ1) is 22.0. The van der Waals surface area contributed by atoms with Gasteiger partial charge in [0.05, 0.1) is 16.1 Å². The highest BCUT2D eigenvalue weighted by molar-refractivity contribution is 7.92. The van der Waals surface area contributed by atoms with Crippen LogP contribution in [0, 0.1) is 6.92 Å². The van der Waals surface area contributed by atoms with Crippen molar-refractivity contribution in [1.29, 1.82) is 0 Å². The van der Waals surface area contributed by atoms with E-state index in [4.69, 9.17) is 16.0 Å². The van der Waals surface area contributed by atoms with Gasteiger partial charge in [0, 0.05) is 26.9 Å². The van der Waals surface area contributed by atoms with Crippen LogP contribution in [0.3, 0.4) is 0 Å². The van der Waals surface area contributed by atoms with Crippen LogP contribution in [-0.2, 0) is 10.0 Å². The third-order valence-corrected chi connectivity index (χ3v) is 7.13. The second kappa shape index (κ2) is 8.52. The van der Waals surface area contributed by atoms with Crippen molar-refractivity contribution in [2.24, 2.45) is 0 Å². The average Bonchev–Trinajstić information content (AvgIpc) is 3.16. The van der Waals surface area contributed by atoms with E-state index in [1.54, 1.807) is 31.2 Å². The van der Waals surface area contributed by atoms with Gasteiger partial charge in [0.1, 0.15) is 11.3 Å². The molecular weight excluding hydrogens is 472 g/mol. The third kappa shape index (κ3) is 4.00. The number of halogens is 1. The lowest BCUT2D eigenvalue weighted by Gasteiger charge is -2.12. The first-order chi connectivity index (χ1) is 16.3. The number of aryl methyl sites for hydroxylation is 1. The topological polar surface area (TPSA) is 88.4 Å². The number of rotatable bonds is 5. The molecule has 1 heterocycles. The first-order valence-electron chi connectivity index (χ1n) is 10.4. The maximum atomic E-state index is 13.2. The Morgan fingerprint density at radius 1 is 0.853 bits per heavy atom. The van der Waals surface area contributed by atoms with Crippen LogP contribution in [-0.4, -0.2) is 14.3 Å². The minimum atomic E-state index is -3.90. The Kier molecular flexibility index (Phi) is 5.51. The Hall–Kier alpha value is -3.81. The summed E-state index contributed by atoms with van der Waals surface area (Å²) in [7, 11) is -3.90. The Balaban J connectivity index is 1.65. The number of sulfonamides is 1. The van der Waals surface area contributed by atoms with Crippen LogP contribution in [0.4, 0.5) is 11.4 Å². The molecule has 0 unspecified atom stereocenters. The minimum Gasteiger partial charge on any atom is -0.460 e. The molecule has 0 aliphatic carbocycles. The predicted molar refractivity (Wildman–Crippen MR) is 135 cm³/mol. The van der Waals surface area contributed by atoms with Crippen molar-refractivity contribution < 1.29 is 17.6 Å². The molecule has 1 amide bonds. The molecule has 5 rings (SSSR count). The number of carbonyl (C=O) groups excluding carboxylic acids is 1. The average molecular weight is 491 g/mol. The van der Waals surface area contributed by atoms with Crippen molar-refractivity contribution in [2.45, 2.75) is 11.8 Å². The fourth-order valence-corrected chi connectivity index (χ4v) is 5.13. The van der Waals surface area contributed by atoms with Crippen LogP contribution in [0.1, 0.15) is 16.1 Å². The van der Waals surface area contributed by atoms with Gasteiger partial charge in [0.2, 0.25) is 0 Å². The third-order valence-electron chi connectivity index (χ3n) is 5.50. The smallest absolute Gasteiger partial charge is 0.261 e. The Labute approximate surface area is 201 Å². The van der Waals surface area contributed by atoms with Gasteiger partial charge >= 0.3 is 0 Å². The van der Waals surface area contributed by atoms with E-state index in [1.165, 1.54) is 24.3 Å². The maximum Gasteiger partial charge on any atom is 0.261 e. The predicted octanol–water partition coefficient (Wildman–Crippen LogP) is 6.60. The highest BCUT2D eigenvalue weighted by Crippen LogP contribution is 2.37. The van der Waals surface area contributed by atoms with E-state index in [-0.39, 0.29) is 10.8 Å². The lowest BCUT2D eigenvalue weighted by Crippen LogP contribution is -2.14. The van der Waals surface area contributed by atoms with E-state index < -0.39 is 10.0 Å². The van der Waals surface area contributed by atoms with Crippen molar-refractivity contribution in [3.8, 4) is 0 Å². The molecule has 1 aromatic heterocycles. The molecule has 0 fully saturated rings. The van der Waals surface area contributed by atoms with Gasteiger partial charge in [-0.05, 0) is 49.4 Å². The van der Waals surface area contributed by atoms with Crippen LogP contribution in [0.15, 0.2) is 94.2 Å². The van der Waals surface area contributed by atoms with E-state index in [1.807, 2.05) is 36.4 Å². The second-order valence-electron chi connectivity index (χ2n) is 7.76. The summed E-state index contributed by atoms with van der Waals surface area (Å²) in [6.45, 7) is 1.71. The molecule has 0 saturated carbocycles. The van der Waals surface area contributed by atoms with E-state index in [2.05, 4.69) is 10.0 Å². The van der Waals surface area contributed by atoms with Gasteiger partial charge in [-0.15, -0.1) is 0 Å². The number of para-hydroxylation sites is 1. The van der Waals surface area contributed by atoms with E-state index in [0.717, 1.165) is 0 Å². The molecule has 0 aliphatic rings. The van der Waals surface area contributed by atoms with E-state index in [9.17, 15) is 13.2 Å². The number of anilines is 2. The quantitative estimate of drug-likeness (QED) is 0.290. The monoisotopic (exact) mass is 490 g/mol. The number of hydrogen-bond donors (Lipinski definition) is 2. The summed E-state index contributed by atoms with van der Waals surface area (Å²) in [5.41, 5.74) is 1.84. The van der Waals surface area contributed by atoms with Crippen molar-refractivity contribution in [3.63, 3.8) is 0 Å². The zero-order chi connectivity index (χ0) is 23.9. The SMILES string of the molecule is Cc1oc2c(cc(NS(=O)(=O)c3ccc(Cl)cc3)c3ccccc32)c1C(=O)Nc1ccccc1. The summed E-state index contributed by atoms with van der Waals surface area (Å²) in [5, 5.41) is 5.17. The molecule has 0 saturated heterocycles. The maximum absolute atomic E-state index is 13.2. The van der Waals surface area contributed by atoms with Crippen molar-refractivity contribution in [3.05, 3.63) is 101 Å². The number of amides is 1. The van der Waals surface area contributed by atoms with Gasteiger partial charge < -0.3 is 9.73 Å². The van der Waals surface area contributed by atoms with Crippen LogP contribution < -0.4 is 10.0 Å². The Bertz CT molecular complexity index is 1640. The molecule has 6 nitrogen and oxygen atoms in total. The summed E-state index contributed by atoms with van der Waals surface area (Å²) in [6.07, 6.45) is 0. The number of fused-ring (bicyclic) bond motifs is 3. The molecule has 0 atom stereocenters. The van der Waals surface area contributed by atoms with E-state index in [0.29, 0.717) is 49.5 Å². The molecular formula is C26H19ClN2O4S. The van der Waals surface area contributed by atoms with Crippen molar-refractivity contribution in [2.75, 3.05) is 10.0 Å². The summed E-state index contributed by atoms with van der Waals surface area (Å²) in [5.74, 6) is 0.0931. The van der Waals surface area contributed by atoms with E-state index >= 15 is 0 Å². The van der Waals surface area contributed by atoms with Crippen LogP contribution >= 0.6 is 11.6 Å². The zero-order valence-electron chi connectivity index (χ0n) is 18.0. The van der Waals surface area contributed by atoms with Gasteiger partial charge in [0.15, 0.2) is 0 Å². The minimum absolute atomic E-state index is 0.0755. The number of furan rings is 1. The van der Waals surface area contributed by atoms with Crippen LogP contribution in [0.2, 0.25) is 5.02 Å². The first-order valence-corrected chi connectivity index (χ1v) is 12.3. The molecule has 0 aliphatic heterocycles. The van der Waals surface area contributed by atoms with Gasteiger partial charge in [-0.3, -0.25) is 9.52 Å². The molecule has 0 spiro atoms. The van der Waals surface area contributed by atoms with Crippen molar-refractivity contribution in [1.82, 2.24) is 0 Å². The molecule has 34 heavy (non-hydrogen) atoms. The summed E-state index contributed by atoms with van der Waals surface area (Å²) < 4.78 is 34.9. The Morgan fingerprint density at radius 3 is 2.21 bits per heavy atom. The van der Waals surface area contributed by atoms with Gasteiger partial charge in [-0.2, -0.15) is 0 Å². The second-order valence-corrected chi connectivity index (χ2v) is 9.88. The van der Waals surface area contributed by atoms with Crippen LogP contribution in [0.25, 0.3) is 21.7 Å². The summed E-state index contributed by atoms with van der Waals surface area (Å²) in [6, 6.07) is 23.9. The van der Waals surface area contributed by atoms with Crippen molar-refractivity contribution >= 4 is 60.6 Å². The lowest BCUT2D eigenvalue weighted by molar-refractivity contribution is 0.102. The number of benzene rings is 4. The molecule has 4 aromatic carbocycles. The largest absolute Gasteiger partial charge is 0.460 e. The van der Waals surface area contributed by atoms with Gasteiger partial charge in [-0.1, -0.05) is 54.1 Å². The molecule has 8 heteroatoms. The fourth-order valence-electron chi connectivity index (χ4n) is 3.94. The van der Waals surface area contributed by atoms with Crippen LogP contribution in [0.5, 0.6) is 0 Å². The number of hydrogen-bond acceptors (Lipinski definition) is 4. The standard InChI is InChI=1S/C26H19ClN2O4S/c1-16-24(26(30)28-18-7-3-2-4-8-18)22-15-23(20-9-5-6-10-21(20)25(22)33-16)29-34(31,32)19-13-11-17(27)12-14-19/h2-15,29H,1H3,(H,28,30). The molecule has 2 N–H and O–H groups in total. The molecule has 170 valence electrons. The van der Waals surface area contributed by atoms with Gasteiger partial charge in [0.25, 0.3) is 15.9 Å². The highest BCUT2D eigenvalue weighted by atomic mass is 35.5. The Morgan fingerprint density at radius 2 is 1.50 bits per heavy atom. The van der Waals surface area contributed by atoms with Gasteiger partial charge in [-0.25, -0.2) is 8.42 Å². The molecule has 0 radical (unpaired) electrons.